The molecule has 0 aliphatic rings. The summed E-state index contributed by atoms with van der Waals surface area (Å²) in [6.07, 6.45) is -3.39. The third kappa shape index (κ3) is 5.44. The van der Waals surface area contributed by atoms with Crippen LogP contribution in [0.15, 0.2) is 41.0 Å². The Hall–Kier alpha value is -2.64. The lowest BCUT2D eigenvalue weighted by atomic mass is 10.1. The van der Waals surface area contributed by atoms with Gasteiger partial charge in [-0.3, -0.25) is 4.79 Å². The highest BCUT2D eigenvalue weighted by molar-refractivity contribution is 5.79. The third-order valence-corrected chi connectivity index (χ3v) is 3.49. The van der Waals surface area contributed by atoms with Crippen LogP contribution in [0, 0.1) is 0 Å². The average molecular weight is 357 g/mol. The Morgan fingerprint density at radius 2 is 1.96 bits per heavy atom. The first-order valence-electron chi connectivity index (χ1n) is 7.40. The second-order valence-electron chi connectivity index (χ2n) is 5.30. The summed E-state index contributed by atoms with van der Waals surface area (Å²) in [5.74, 6) is 0.491. The molecule has 8 heteroatoms. The van der Waals surface area contributed by atoms with Gasteiger partial charge in [0.15, 0.2) is 0 Å². The van der Waals surface area contributed by atoms with Crippen molar-refractivity contribution in [3.05, 3.63) is 47.9 Å². The highest BCUT2D eigenvalue weighted by Crippen LogP contribution is 2.26. The Bertz CT molecular complexity index is 698. The molecule has 0 unspecified atom stereocenters. The number of amides is 1. The molecule has 25 heavy (non-hydrogen) atoms. The van der Waals surface area contributed by atoms with Gasteiger partial charge in [0.2, 0.25) is 5.91 Å². The summed E-state index contributed by atoms with van der Waals surface area (Å²) in [5.41, 5.74) is 0.472. The van der Waals surface area contributed by atoms with Gasteiger partial charge in [-0.1, -0.05) is 6.07 Å². The van der Waals surface area contributed by atoms with Gasteiger partial charge in [-0.2, -0.15) is 13.2 Å². The zero-order chi connectivity index (χ0) is 18.4. The SMILES string of the molecule is COc1ccc(CC(=O)N(Cc2ccco2)CC(F)(F)F)c(OC)c1. The van der Waals surface area contributed by atoms with E-state index in [-0.39, 0.29) is 18.7 Å². The molecule has 0 aliphatic carbocycles. The van der Waals surface area contributed by atoms with Gasteiger partial charge >= 0.3 is 6.18 Å². The van der Waals surface area contributed by atoms with Gasteiger partial charge in [-0.05, 0) is 18.2 Å². The molecule has 5 nitrogen and oxygen atoms in total. The fraction of sp³-hybridized carbons (Fsp3) is 0.353. The van der Waals surface area contributed by atoms with Gasteiger partial charge in [-0.15, -0.1) is 0 Å². The summed E-state index contributed by atoms with van der Waals surface area (Å²) in [6, 6.07) is 7.85. The maximum atomic E-state index is 12.8. The molecule has 0 radical (unpaired) electrons. The van der Waals surface area contributed by atoms with Crippen LogP contribution in [0.2, 0.25) is 0 Å². The van der Waals surface area contributed by atoms with Crippen LogP contribution in [0.1, 0.15) is 11.3 Å². The van der Waals surface area contributed by atoms with Crippen molar-refractivity contribution in [3.63, 3.8) is 0 Å². The predicted molar refractivity (Wildman–Crippen MR) is 83.4 cm³/mol. The fourth-order valence-corrected chi connectivity index (χ4v) is 2.31. The zero-order valence-corrected chi connectivity index (χ0v) is 13.8. The average Bonchev–Trinajstić information content (AvgIpc) is 3.06. The second-order valence-corrected chi connectivity index (χ2v) is 5.30. The van der Waals surface area contributed by atoms with Crippen molar-refractivity contribution in [3.8, 4) is 11.5 Å². The third-order valence-electron chi connectivity index (χ3n) is 3.49. The van der Waals surface area contributed by atoms with Gasteiger partial charge in [0.1, 0.15) is 23.8 Å². The molecule has 1 amide bonds. The Morgan fingerprint density at radius 3 is 2.52 bits per heavy atom. The number of carbonyl (C=O) groups excluding carboxylic acids is 1. The van der Waals surface area contributed by atoms with Crippen molar-refractivity contribution in [1.29, 1.82) is 0 Å². The molecule has 0 bridgehead atoms. The number of rotatable bonds is 7. The number of halogens is 3. The summed E-state index contributed by atoms with van der Waals surface area (Å²) in [4.78, 5) is 13.1. The maximum absolute atomic E-state index is 12.8. The summed E-state index contributed by atoms with van der Waals surface area (Å²) in [7, 11) is 2.90. The fourth-order valence-electron chi connectivity index (χ4n) is 2.31. The van der Waals surface area contributed by atoms with E-state index < -0.39 is 18.6 Å². The molecule has 0 fully saturated rings. The molecule has 0 saturated carbocycles. The van der Waals surface area contributed by atoms with Crippen LogP contribution < -0.4 is 9.47 Å². The van der Waals surface area contributed by atoms with E-state index in [0.717, 1.165) is 0 Å². The molecule has 0 saturated heterocycles. The van der Waals surface area contributed by atoms with Crippen LogP contribution in [0.25, 0.3) is 0 Å². The van der Waals surface area contributed by atoms with Gasteiger partial charge in [0, 0.05) is 11.6 Å². The topological polar surface area (TPSA) is 51.9 Å². The molecule has 0 N–H and O–H groups in total. The van der Waals surface area contributed by atoms with E-state index in [0.29, 0.717) is 22.0 Å². The molecule has 0 spiro atoms. The molecule has 2 aromatic rings. The first-order valence-corrected chi connectivity index (χ1v) is 7.40. The van der Waals surface area contributed by atoms with Crippen molar-refractivity contribution in [1.82, 2.24) is 4.90 Å². The monoisotopic (exact) mass is 357 g/mol. The van der Waals surface area contributed by atoms with Gasteiger partial charge in [-0.25, -0.2) is 0 Å². The minimum absolute atomic E-state index is 0.232. The van der Waals surface area contributed by atoms with E-state index in [1.807, 2.05) is 0 Å². The molecule has 1 aromatic heterocycles. The van der Waals surface area contributed by atoms with E-state index in [9.17, 15) is 18.0 Å². The maximum Gasteiger partial charge on any atom is 0.406 e. The Balaban J connectivity index is 2.18. The molecular formula is C17H18F3NO4. The van der Waals surface area contributed by atoms with Crippen molar-refractivity contribution in [2.24, 2.45) is 0 Å². The van der Waals surface area contributed by atoms with E-state index in [4.69, 9.17) is 13.9 Å². The number of ether oxygens (including phenoxy) is 2. The number of nitrogens with zero attached hydrogens (tertiary/aromatic N) is 1. The minimum atomic E-state index is -4.51. The van der Waals surface area contributed by atoms with Gasteiger partial charge in [0.25, 0.3) is 0 Å². The van der Waals surface area contributed by atoms with E-state index in [1.54, 1.807) is 24.3 Å². The Morgan fingerprint density at radius 1 is 1.20 bits per heavy atom. The van der Waals surface area contributed by atoms with Crippen molar-refractivity contribution < 1.29 is 31.9 Å². The summed E-state index contributed by atoms with van der Waals surface area (Å²) >= 11 is 0. The number of benzene rings is 1. The highest BCUT2D eigenvalue weighted by atomic mass is 19.4. The Kier molecular flexibility index (Phi) is 5.95. The molecule has 0 aliphatic heterocycles. The molecule has 136 valence electrons. The second kappa shape index (κ2) is 7.96. The van der Waals surface area contributed by atoms with Crippen molar-refractivity contribution in [2.75, 3.05) is 20.8 Å². The first-order chi connectivity index (χ1) is 11.8. The van der Waals surface area contributed by atoms with Crippen molar-refractivity contribution in [2.45, 2.75) is 19.1 Å². The summed E-state index contributed by atoms with van der Waals surface area (Å²) < 4.78 is 53.7. The smallest absolute Gasteiger partial charge is 0.406 e. The van der Waals surface area contributed by atoms with Crippen LogP contribution in [-0.2, 0) is 17.8 Å². The van der Waals surface area contributed by atoms with Crippen LogP contribution in [-0.4, -0.2) is 37.7 Å². The lowest BCUT2D eigenvalue weighted by Gasteiger charge is -2.23. The quantitative estimate of drug-likeness (QED) is 0.762. The number of furan rings is 1. The predicted octanol–water partition coefficient (Wildman–Crippen LogP) is 3.43. The van der Waals surface area contributed by atoms with Crippen LogP contribution in [0.5, 0.6) is 11.5 Å². The molecule has 0 atom stereocenters. The molecule has 1 aromatic carbocycles. The minimum Gasteiger partial charge on any atom is -0.497 e. The van der Waals surface area contributed by atoms with Gasteiger partial charge < -0.3 is 18.8 Å². The van der Waals surface area contributed by atoms with E-state index >= 15 is 0 Å². The molecular weight excluding hydrogens is 339 g/mol. The number of alkyl halides is 3. The molecule has 1 heterocycles. The van der Waals surface area contributed by atoms with E-state index in [2.05, 4.69) is 0 Å². The van der Waals surface area contributed by atoms with Crippen LogP contribution in [0.3, 0.4) is 0 Å². The number of carbonyl (C=O) groups is 1. The summed E-state index contributed by atoms with van der Waals surface area (Å²) in [6.45, 7) is -1.62. The van der Waals surface area contributed by atoms with Crippen LogP contribution in [0.4, 0.5) is 13.2 Å². The van der Waals surface area contributed by atoms with Crippen LogP contribution >= 0.6 is 0 Å². The Labute approximate surface area is 142 Å². The summed E-state index contributed by atoms with van der Waals surface area (Å²) in [5, 5.41) is 0. The lowest BCUT2D eigenvalue weighted by Crippen LogP contribution is -2.39. The zero-order valence-electron chi connectivity index (χ0n) is 13.8. The van der Waals surface area contributed by atoms with Crippen molar-refractivity contribution >= 4 is 5.91 Å². The molecule has 2 rings (SSSR count). The highest BCUT2D eigenvalue weighted by Gasteiger charge is 2.33. The lowest BCUT2D eigenvalue weighted by molar-refractivity contribution is -0.162. The number of hydrogen-bond donors (Lipinski definition) is 0. The van der Waals surface area contributed by atoms with E-state index in [1.165, 1.54) is 26.5 Å². The number of methoxy groups -OCH3 is 2. The normalized spacial score (nSPS) is 11.2. The largest absolute Gasteiger partial charge is 0.497 e. The standard InChI is InChI=1S/C17H18F3NO4/c1-23-13-6-5-12(15(9-13)24-2)8-16(22)21(11-17(18,19)20)10-14-4-3-7-25-14/h3-7,9H,8,10-11H2,1-2H3. The first kappa shape index (κ1) is 18.7. The van der Waals surface area contributed by atoms with Gasteiger partial charge in [0.05, 0.1) is 33.4 Å². The number of hydrogen-bond acceptors (Lipinski definition) is 4.